The molecule has 10 rings (SSSR count). The Morgan fingerprint density at radius 1 is 0.851 bits per heavy atom. The molecule has 2 aromatic heterocycles. The highest BCUT2D eigenvalue weighted by Crippen LogP contribution is 2.51. The van der Waals surface area contributed by atoms with Crippen LogP contribution in [-0.2, 0) is 13.0 Å². The Morgan fingerprint density at radius 3 is 2.66 bits per heavy atom. The summed E-state index contributed by atoms with van der Waals surface area (Å²) < 4.78 is 0. The van der Waals surface area contributed by atoms with E-state index in [1.54, 1.807) is 0 Å². The quantitative estimate of drug-likeness (QED) is 0.205. The van der Waals surface area contributed by atoms with E-state index < -0.39 is 0 Å². The zero-order valence-electron chi connectivity index (χ0n) is 25.8. The minimum atomic E-state index is -0.00335. The highest BCUT2D eigenvalue weighted by Gasteiger charge is 2.33. The third kappa shape index (κ3) is 4.24. The Bertz CT molecular complexity index is 2240. The van der Waals surface area contributed by atoms with Crippen molar-refractivity contribution in [2.24, 2.45) is 9.98 Å². The summed E-state index contributed by atoms with van der Waals surface area (Å²) in [6.45, 7) is 0.805. The fourth-order valence-corrected chi connectivity index (χ4v) is 7.89. The number of aromatic nitrogens is 2. The van der Waals surface area contributed by atoms with Gasteiger partial charge in [0, 0.05) is 47.1 Å². The highest BCUT2D eigenvalue weighted by molar-refractivity contribution is 6.10. The molecule has 0 amide bonds. The minimum Gasteiger partial charge on any atom is -0.660 e. The first-order chi connectivity index (χ1) is 23.3. The molecular formula is C41H31N6-. The van der Waals surface area contributed by atoms with Crippen molar-refractivity contribution < 1.29 is 0 Å². The molecule has 0 saturated carbocycles. The maximum absolute atomic E-state index is 5.30. The number of benzene rings is 3. The molecule has 0 radical (unpaired) electrons. The number of pyridine rings is 2. The Labute approximate surface area is 273 Å². The predicted octanol–water partition coefficient (Wildman–Crippen LogP) is 9.07. The van der Waals surface area contributed by atoms with Gasteiger partial charge in [0.1, 0.15) is 0 Å². The van der Waals surface area contributed by atoms with Crippen LogP contribution in [0.2, 0.25) is 0 Å². The van der Waals surface area contributed by atoms with Crippen molar-refractivity contribution in [3.63, 3.8) is 0 Å². The lowest BCUT2D eigenvalue weighted by atomic mass is 9.86. The smallest absolute Gasteiger partial charge is 0.0961 e. The fraction of sp³-hybridized carbons (Fsp3) is 0.171. The van der Waals surface area contributed by atoms with Crippen LogP contribution in [0.4, 0.5) is 5.69 Å². The van der Waals surface area contributed by atoms with E-state index in [0.29, 0.717) is 0 Å². The second kappa shape index (κ2) is 10.5. The fourth-order valence-electron chi connectivity index (χ4n) is 7.89. The molecule has 6 heterocycles. The lowest BCUT2D eigenvalue weighted by Gasteiger charge is -2.31. The molecule has 6 heteroatoms. The van der Waals surface area contributed by atoms with Crippen LogP contribution < -0.4 is 0 Å². The first-order valence-corrected chi connectivity index (χ1v) is 16.5. The SMILES string of the molecule is C1=Cc2c(nc(-c3ccc(C4=NC(C5CC=Nc6c5ccc5cccnc65)C=C4)cc3)c3c2C2[N-]C(c4ccccc4)=CN2C3)CC1. The Hall–Kier alpha value is -5.62. The van der Waals surface area contributed by atoms with Crippen LogP contribution in [0, 0.1) is 0 Å². The van der Waals surface area contributed by atoms with Crippen molar-refractivity contribution in [3.05, 3.63) is 154 Å². The lowest BCUT2D eigenvalue weighted by Crippen LogP contribution is -2.16. The maximum Gasteiger partial charge on any atom is 0.0961 e. The Balaban J connectivity index is 0.957. The largest absolute Gasteiger partial charge is 0.660 e. The number of aliphatic imine (C=N–C) groups is 2. The van der Waals surface area contributed by atoms with E-state index in [1.165, 1.54) is 27.9 Å². The summed E-state index contributed by atoms with van der Waals surface area (Å²) in [7, 11) is 0. The molecule has 3 unspecified atom stereocenters. The van der Waals surface area contributed by atoms with Gasteiger partial charge in [-0.05, 0) is 71.6 Å². The van der Waals surface area contributed by atoms with E-state index in [4.69, 9.17) is 20.3 Å². The van der Waals surface area contributed by atoms with Crippen molar-refractivity contribution in [1.82, 2.24) is 14.9 Å². The second-order valence-corrected chi connectivity index (χ2v) is 12.9. The van der Waals surface area contributed by atoms with Gasteiger partial charge in [0.25, 0.3) is 0 Å². The molecule has 6 nitrogen and oxygen atoms in total. The van der Waals surface area contributed by atoms with E-state index in [2.05, 4.69) is 113 Å². The van der Waals surface area contributed by atoms with Gasteiger partial charge in [-0.25, -0.2) is 0 Å². The van der Waals surface area contributed by atoms with Crippen molar-refractivity contribution >= 4 is 40.3 Å². The number of nitrogens with zero attached hydrogens (tertiary/aromatic N) is 6. The number of allylic oxidation sites excluding steroid dienone is 2. The predicted molar refractivity (Wildman–Crippen MR) is 190 cm³/mol. The van der Waals surface area contributed by atoms with Gasteiger partial charge in [-0.2, -0.15) is 0 Å². The minimum absolute atomic E-state index is 0.00335. The van der Waals surface area contributed by atoms with Crippen LogP contribution in [0.1, 0.15) is 64.0 Å². The maximum atomic E-state index is 5.30. The van der Waals surface area contributed by atoms with Gasteiger partial charge in [-0.3, -0.25) is 20.0 Å². The molecular weight excluding hydrogens is 576 g/mol. The molecule has 1 aliphatic carbocycles. The monoisotopic (exact) mass is 607 g/mol. The van der Waals surface area contributed by atoms with Gasteiger partial charge in [0.2, 0.25) is 0 Å². The molecule has 3 aromatic carbocycles. The third-order valence-corrected chi connectivity index (χ3v) is 10.2. The van der Waals surface area contributed by atoms with E-state index in [0.717, 1.165) is 76.2 Å². The van der Waals surface area contributed by atoms with Crippen LogP contribution in [-0.4, -0.2) is 32.8 Å². The molecule has 0 spiro atoms. The number of fused-ring (bicyclic) bond motifs is 8. The van der Waals surface area contributed by atoms with Crippen molar-refractivity contribution in [2.75, 3.05) is 0 Å². The first kappa shape index (κ1) is 26.6. The summed E-state index contributed by atoms with van der Waals surface area (Å²) in [6.07, 6.45) is 17.9. The number of hydrogen-bond acceptors (Lipinski definition) is 5. The van der Waals surface area contributed by atoms with Gasteiger partial charge in [-0.1, -0.05) is 91.0 Å². The van der Waals surface area contributed by atoms with Crippen LogP contribution in [0.25, 0.3) is 39.3 Å². The Kier molecular flexibility index (Phi) is 5.92. The van der Waals surface area contributed by atoms with Crippen molar-refractivity contribution in [1.29, 1.82) is 0 Å². The van der Waals surface area contributed by atoms with Gasteiger partial charge in [0.05, 0.1) is 28.7 Å². The second-order valence-electron chi connectivity index (χ2n) is 12.9. The standard InChI is InChI=1S/C41H31N6/c1-2-7-25(8-3-1)36-24-47-23-32-37(41(47)46-36)31-10-4-5-11-34(31)45-38(32)28-14-12-26(13-15-28)33-18-19-35(44-33)29-20-22-43-40-30(29)17-16-27-9-6-21-42-39(27)40/h1-4,6-10,12-19,21-22,24,29,35,41H,5,11,20,23H2/q-1. The molecule has 5 aromatic rings. The molecule has 0 bridgehead atoms. The summed E-state index contributed by atoms with van der Waals surface area (Å²) >= 11 is 0. The highest BCUT2D eigenvalue weighted by atomic mass is 15.3. The Morgan fingerprint density at radius 2 is 1.74 bits per heavy atom. The van der Waals surface area contributed by atoms with Gasteiger partial charge in [0.15, 0.2) is 0 Å². The van der Waals surface area contributed by atoms with E-state index in [9.17, 15) is 0 Å². The van der Waals surface area contributed by atoms with E-state index >= 15 is 0 Å². The molecule has 3 atom stereocenters. The van der Waals surface area contributed by atoms with Gasteiger partial charge in [-0.15, -0.1) is 5.70 Å². The van der Waals surface area contributed by atoms with Crippen molar-refractivity contribution in [2.45, 2.75) is 43.9 Å². The summed E-state index contributed by atoms with van der Waals surface area (Å²) in [5.74, 6) is 0.245. The van der Waals surface area contributed by atoms with Crippen LogP contribution >= 0.6 is 0 Å². The van der Waals surface area contributed by atoms with Crippen LogP contribution in [0.5, 0.6) is 0 Å². The lowest BCUT2D eigenvalue weighted by molar-refractivity contribution is 0.364. The summed E-state index contributed by atoms with van der Waals surface area (Å²) in [5, 5.41) is 6.36. The zero-order chi connectivity index (χ0) is 30.9. The van der Waals surface area contributed by atoms with Crippen molar-refractivity contribution in [3.8, 4) is 11.3 Å². The van der Waals surface area contributed by atoms with E-state index in [-0.39, 0.29) is 18.1 Å². The van der Waals surface area contributed by atoms with Crippen LogP contribution in [0.15, 0.2) is 119 Å². The molecule has 0 fully saturated rings. The summed E-state index contributed by atoms with van der Waals surface area (Å²) in [5.41, 5.74) is 14.8. The number of aryl methyl sites for hydroxylation is 1. The first-order valence-electron chi connectivity index (χ1n) is 16.5. The topological polar surface area (TPSA) is 67.8 Å². The average Bonchev–Trinajstić information content (AvgIpc) is 3.87. The average molecular weight is 608 g/mol. The number of hydrogen-bond donors (Lipinski definition) is 0. The summed E-state index contributed by atoms with van der Waals surface area (Å²) in [6, 6.07) is 27.9. The van der Waals surface area contributed by atoms with Gasteiger partial charge < -0.3 is 10.2 Å². The normalized spacial score (nSPS) is 21.6. The third-order valence-electron chi connectivity index (χ3n) is 10.2. The molecule has 5 aliphatic rings. The zero-order valence-corrected chi connectivity index (χ0v) is 25.8. The molecule has 0 N–H and O–H groups in total. The van der Waals surface area contributed by atoms with Gasteiger partial charge >= 0.3 is 0 Å². The molecule has 47 heavy (non-hydrogen) atoms. The summed E-state index contributed by atoms with van der Waals surface area (Å²) in [4.78, 5) is 22.3. The van der Waals surface area contributed by atoms with E-state index in [1.807, 2.05) is 18.5 Å². The molecule has 0 saturated heterocycles. The molecule has 4 aliphatic heterocycles. The molecule has 226 valence electrons. The van der Waals surface area contributed by atoms with Crippen LogP contribution in [0.3, 0.4) is 0 Å². The number of rotatable bonds is 4.